The topological polar surface area (TPSA) is 0 Å². The maximum absolute atomic E-state index is 12.6. The summed E-state index contributed by atoms with van der Waals surface area (Å²) in [6.07, 6.45) is 1.83. The Morgan fingerprint density at radius 1 is 1.19 bits per heavy atom. The van der Waals surface area contributed by atoms with Crippen molar-refractivity contribution in [3.63, 3.8) is 0 Å². The Morgan fingerprint density at radius 2 is 1.90 bits per heavy atom. The van der Waals surface area contributed by atoms with E-state index in [1.165, 1.54) is 17.7 Å². The lowest BCUT2D eigenvalue weighted by atomic mass is 9.95. The molecule has 0 aliphatic carbocycles. The molecule has 1 unspecified atom stereocenters. The van der Waals surface area contributed by atoms with Crippen LogP contribution in [-0.4, -0.2) is 0 Å². The van der Waals surface area contributed by atoms with E-state index in [-0.39, 0.29) is 0 Å². The van der Waals surface area contributed by atoms with Gasteiger partial charge >= 0.3 is 6.18 Å². The van der Waals surface area contributed by atoms with Gasteiger partial charge in [-0.1, -0.05) is 43.5 Å². The van der Waals surface area contributed by atoms with Crippen LogP contribution in [0.5, 0.6) is 0 Å². The molecule has 3 heteroatoms. The Labute approximate surface area is 126 Å². The first kappa shape index (κ1) is 17.8. The van der Waals surface area contributed by atoms with Crippen LogP contribution in [-0.2, 0) is 12.6 Å². The van der Waals surface area contributed by atoms with E-state index in [9.17, 15) is 13.2 Å². The zero-order valence-electron chi connectivity index (χ0n) is 13.0. The van der Waals surface area contributed by atoms with Gasteiger partial charge in [0, 0.05) is 0 Å². The fourth-order valence-corrected chi connectivity index (χ4v) is 2.36. The molecule has 0 fully saturated rings. The molecule has 0 spiro atoms. The van der Waals surface area contributed by atoms with Gasteiger partial charge in [0.2, 0.25) is 0 Å². The number of allylic oxidation sites excluding steroid dienone is 1. The minimum atomic E-state index is -4.24. The minimum absolute atomic E-state index is 0.546. The van der Waals surface area contributed by atoms with E-state index in [0.29, 0.717) is 5.92 Å². The van der Waals surface area contributed by atoms with Gasteiger partial charge in [0.1, 0.15) is 0 Å². The number of benzene rings is 1. The summed E-state index contributed by atoms with van der Waals surface area (Å²) in [5.41, 5.74) is 1.44. The van der Waals surface area contributed by atoms with E-state index in [1.807, 2.05) is 6.92 Å². The summed E-state index contributed by atoms with van der Waals surface area (Å²) < 4.78 is 37.8. The Bertz CT molecular complexity index is 446. The zero-order valence-corrected chi connectivity index (χ0v) is 13.0. The average molecular weight is 298 g/mol. The third kappa shape index (κ3) is 7.35. The van der Waals surface area contributed by atoms with Gasteiger partial charge in [0.05, 0.1) is 5.56 Å². The highest BCUT2D eigenvalue weighted by atomic mass is 19.4. The predicted octanol–water partition coefficient (Wildman–Crippen LogP) is 6.41. The van der Waals surface area contributed by atoms with Crippen LogP contribution in [0, 0.1) is 5.92 Å². The largest absolute Gasteiger partial charge is 0.416 e. The SMILES string of the molecule is C=C(C)CCC(C)CCCCc1cccc(C(F)(F)F)c1. The standard InChI is InChI=1S/C18H25F3/c1-14(2)11-12-15(3)7-4-5-8-16-9-6-10-17(13-16)18(19,20)21/h6,9-10,13,15H,1,4-5,7-8,11-12H2,2-3H3. The predicted molar refractivity (Wildman–Crippen MR) is 82.2 cm³/mol. The summed E-state index contributed by atoms with van der Waals surface area (Å²) in [6, 6.07) is 5.67. The van der Waals surface area contributed by atoms with Crippen LogP contribution in [0.3, 0.4) is 0 Å². The van der Waals surface area contributed by atoms with Crippen LogP contribution >= 0.6 is 0 Å². The minimum Gasteiger partial charge on any atom is -0.166 e. The van der Waals surface area contributed by atoms with Crippen molar-refractivity contribution in [1.82, 2.24) is 0 Å². The number of rotatable bonds is 8. The van der Waals surface area contributed by atoms with Gasteiger partial charge in [0.25, 0.3) is 0 Å². The van der Waals surface area contributed by atoms with E-state index in [4.69, 9.17) is 0 Å². The lowest BCUT2D eigenvalue weighted by Crippen LogP contribution is -2.05. The normalized spacial score (nSPS) is 13.2. The molecule has 1 aromatic carbocycles. The van der Waals surface area contributed by atoms with E-state index in [1.54, 1.807) is 6.07 Å². The molecule has 118 valence electrons. The van der Waals surface area contributed by atoms with E-state index < -0.39 is 11.7 Å². The zero-order chi connectivity index (χ0) is 15.9. The highest BCUT2D eigenvalue weighted by Gasteiger charge is 2.30. The van der Waals surface area contributed by atoms with E-state index >= 15 is 0 Å². The van der Waals surface area contributed by atoms with Crippen molar-refractivity contribution in [2.45, 2.75) is 58.5 Å². The molecular weight excluding hydrogens is 273 g/mol. The monoisotopic (exact) mass is 298 g/mol. The number of hydrogen-bond donors (Lipinski definition) is 0. The van der Waals surface area contributed by atoms with Gasteiger partial charge in [-0.3, -0.25) is 0 Å². The number of alkyl halides is 3. The van der Waals surface area contributed by atoms with Crippen molar-refractivity contribution in [3.8, 4) is 0 Å². The number of halogens is 3. The molecule has 0 N–H and O–H groups in total. The van der Waals surface area contributed by atoms with Crippen LogP contribution in [0.4, 0.5) is 13.2 Å². The molecule has 0 saturated heterocycles. The Balaban J connectivity index is 2.31. The quantitative estimate of drug-likeness (QED) is 0.384. The maximum Gasteiger partial charge on any atom is 0.416 e. The number of aryl methyl sites for hydroxylation is 1. The first-order chi connectivity index (χ1) is 9.79. The third-order valence-corrected chi connectivity index (χ3v) is 3.73. The molecule has 0 amide bonds. The molecule has 0 aromatic heterocycles. The van der Waals surface area contributed by atoms with Crippen LogP contribution < -0.4 is 0 Å². The second-order valence-corrected chi connectivity index (χ2v) is 6.04. The Hall–Kier alpha value is -1.25. The average Bonchev–Trinajstić information content (AvgIpc) is 2.41. The van der Waals surface area contributed by atoms with Gasteiger partial charge in [-0.25, -0.2) is 0 Å². The molecule has 21 heavy (non-hydrogen) atoms. The molecule has 0 aliphatic rings. The second-order valence-electron chi connectivity index (χ2n) is 6.04. The fourth-order valence-electron chi connectivity index (χ4n) is 2.36. The molecule has 1 rings (SSSR count). The summed E-state index contributed by atoms with van der Waals surface area (Å²) in [4.78, 5) is 0. The molecule has 0 nitrogen and oxygen atoms in total. The Morgan fingerprint density at radius 3 is 2.52 bits per heavy atom. The van der Waals surface area contributed by atoms with Gasteiger partial charge in [0.15, 0.2) is 0 Å². The molecule has 1 atom stereocenters. The van der Waals surface area contributed by atoms with Crippen molar-refractivity contribution >= 4 is 0 Å². The highest BCUT2D eigenvalue weighted by molar-refractivity contribution is 5.25. The molecule has 1 aromatic rings. The summed E-state index contributed by atoms with van der Waals surface area (Å²) in [5.74, 6) is 0.656. The Kier molecular flexibility index (Phi) is 7.00. The lowest BCUT2D eigenvalue weighted by Gasteiger charge is -2.11. The molecule has 0 aliphatic heterocycles. The second kappa shape index (κ2) is 8.26. The van der Waals surface area contributed by atoms with Gasteiger partial charge < -0.3 is 0 Å². The molecule has 0 heterocycles. The van der Waals surface area contributed by atoms with Crippen molar-refractivity contribution in [3.05, 3.63) is 47.5 Å². The molecule has 0 radical (unpaired) electrons. The first-order valence-electron chi connectivity index (χ1n) is 7.59. The summed E-state index contributed by atoms with van der Waals surface area (Å²) in [5, 5.41) is 0. The van der Waals surface area contributed by atoms with E-state index in [2.05, 4.69) is 13.5 Å². The van der Waals surface area contributed by atoms with E-state index in [0.717, 1.165) is 50.2 Å². The number of unbranched alkanes of at least 4 members (excludes halogenated alkanes) is 1. The van der Waals surface area contributed by atoms with Gasteiger partial charge in [-0.15, -0.1) is 6.58 Å². The van der Waals surface area contributed by atoms with Crippen LogP contribution in [0.15, 0.2) is 36.4 Å². The van der Waals surface area contributed by atoms with Crippen molar-refractivity contribution in [2.75, 3.05) is 0 Å². The van der Waals surface area contributed by atoms with Crippen LogP contribution in [0.1, 0.15) is 57.1 Å². The highest BCUT2D eigenvalue weighted by Crippen LogP contribution is 2.29. The van der Waals surface area contributed by atoms with Crippen molar-refractivity contribution < 1.29 is 13.2 Å². The van der Waals surface area contributed by atoms with Crippen molar-refractivity contribution in [1.29, 1.82) is 0 Å². The van der Waals surface area contributed by atoms with Crippen LogP contribution in [0.25, 0.3) is 0 Å². The van der Waals surface area contributed by atoms with Gasteiger partial charge in [-0.2, -0.15) is 13.2 Å². The summed E-state index contributed by atoms with van der Waals surface area (Å²) in [7, 11) is 0. The first-order valence-corrected chi connectivity index (χ1v) is 7.59. The molecule has 0 bridgehead atoms. The summed E-state index contributed by atoms with van der Waals surface area (Å²) >= 11 is 0. The van der Waals surface area contributed by atoms with Gasteiger partial charge in [-0.05, 0) is 50.2 Å². The molecular formula is C18H25F3. The van der Waals surface area contributed by atoms with Crippen molar-refractivity contribution in [2.24, 2.45) is 5.92 Å². The number of hydrogen-bond acceptors (Lipinski definition) is 0. The smallest absolute Gasteiger partial charge is 0.166 e. The fraction of sp³-hybridized carbons (Fsp3) is 0.556. The maximum atomic E-state index is 12.6. The molecule has 0 saturated carbocycles. The lowest BCUT2D eigenvalue weighted by molar-refractivity contribution is -0.137. The van der Waals surface area contributed by atoms with Crippen LogP contribution in [0.2, 0.25) is 0 Å². The summed E-state index contributed by atoms with van der Waals surface area (Å²) in [6.45, 7) is 8.17. The third-order valence-electron chi connectivity index (χ3n) is 3.73.